The Hall–Kier alpha value is -3.57. The molecule has 2 aliphatic heterocycles. The molecule has 196 valence electrons. The molecule has 0 saturated carbocycles. The van der Waals surface area contributed by atoms with Crippen molar-refractivity contribution < 1.29 is 42.9 Å². The molecule has 3 rings (SSSR count). The monoisotopic (exact) mass is 504 g/mol. The fraction of sp³-hybridized carbons (Fsp3) is 0.480. The number of hydrogen-bond donors (Lipinski definition) is 1. The van der Waals surface area contributed by atoms with Gasteiger partial charge >= 0.3 is 17.9 Å². The second-order valence-corrected chi connectivity index (χ2v) is 8.05. The van der Waals surface area contributed by atoms with Crippen LogP contribution in [0.3, 0.4) is 0 Å². The number of nitrogens with one attached hydrogen (secondary N) is 1. The van der Waals surface area contributed by atoms with Crippen LogP contribution in [0.2, 0.25) is 0 Å². The molecule has 0 spiro atoms. The third kappa shape index (κ3) is 6.16. The van der Waals surface area contributed by atoms with Crippen LogP contribution in [0.15, 0.2) is 40.7 Å². The summed E-state index contributed by atoms with van der Waals surface area (Å²) in [6.45, 7) is 6.99. The average molecular weight is 505 g/mol. The number of allylic oxidation sites excluding steroid dienone is 2. The number of morpholine rings is 1. The summed E-state index contributed by atoms with van der Waals surface area (Å²) < 4.78 is 26.7. The van der Waals surface area contributed by atoms with E-state index in [0.29, 0.717) is 54.8 Å². The Morgan fingerprint density at radius 2 is 1.69 bits per heavy atom. The fourth-order valence-electron chi connectivity index (χ4n) is 4.12. The van der Waals surface area contributed by atoms with E-state index in [1.807, 2.05) is 0 Å². The third-order valence-corrected chi connectivity index (χ3v) is 5.73. The van der Waals surface area contributed by atoms with Crippen molar-refractivity contribution >= 4 is 17.9 Å². The smallest absolute Gasteiger partial charge is 0.362 e. The zero-order chi connectivity index (χ0) is 26.2. The van der Waals surface area contributed by atoms with Gasteiger partial charge in [0.2, 0.25) is 0 Å². The molecule has 0 aromatic heterocycles. The average Bonchev–Trinajstić information content (AvgIpc) is 2.87. The molecular weight excluding hydrogens is 472 g/mol. The minimum absolute atomic E-state index is 0.176. The lowest BCUT2D eigenvalue weighted by atomic mass is 9.80. The SMILES string of the molecule is CCOC(=O)C1=C(C)NC(C)=C(C(=O)OC)C1c1ccc(OCC(=O)ON2CCOCC2)c(OC)c1. The number of hydrogen-bond acceptors (Lipinski definition) is 11. The Kier molecular flexibility index (Phi) is 9.31. The van der Waals surface area contributed by atoms with Gasteiger partial charge in [0.15, 0.2) is 18.1 Å². The van der Waals surface area contributed by atoms with Gasteiger partial charge in [-0.25, -0.2) is 14.4 Å². The van der Waals surface area contributed by atoms with Gasteiger partial charge < -0.3 is 33.8 Å². The van der Waals surface area contributed by atoms with E-state index in [4.69, 9.17) is 28.5 Å². The number of carbonyl (C=O) groups is 3. The van der Waals surface area contributed by atoms with E-state index in [0.717, 1.165) is 0 Å². The van der Waals surface area contributed by atoms with Crippen molar-refractivity contribution in [2.75, 3.05) is 53.7 Å². The van der Waals surface area contributed by atoms with E-state index in [-0.39, 0.29) is 24.4 Å². The number of rotatable bonds is 9. The minimum Gasteiger partial charge on any atom is -0.493 e. The highest BCUT2D eigenvalue weighted by Gasteiger charge is 2.38. The first-order valence-corrected chi connectivity index (χ1v) is 11.6. The summed E-state index contributed by atoms with van der Waals surface area (Å²) in [5, 5.41) is 4.61. The van der Waals surface area contributed by atoms with Gasteiger partial charge in [-0.2, -0.15) is 0 Å². The number of methoxy groups -OCH3 is 2. The molecule has 0 amide bonds. The number of carbonyl (C=O) groups excluding carboxylic acids is 3. The maximum atomic E-state index is 12.9. The highest BCUT2D eigenvalue weighted by molar-refractivity contribution is 5.99. The quantitative estimate of drug-likeness (QED) is 0.496. The highest BCUT2D eigenvalue weighted by atomic mass is 16.7. The Morgan fingerprint density at radius 3 is 2.31 bits per heavy atom. The lowest BCUT2D eigenvalue weighted by Gasteiger charge is -2.30. The zero-order valence-electron chi connectivity index (χ0n) is 21.2. The molecule has 1 fully saturated rings. The van der Waals surface area contributed by atoms with Gasteiger partial charge in [0.1, 0.15) is 0 Å². The van der Waals surface area contributed by atoms with Gasteiger partial charge in [-0.05, 0) is 38.5 Å². The van der Waals surface area contributed by atoms with Gasteiger partial charge in [0, 0.05) is 11.4 Å². The van der Waals surface area contributed by atoms with Crippen LogP contribution in [0.4, 0.5) is 0 Å². The van der Waals surface area contributed by atoms with E-state index in [1.165, 1.54) is 19.3 Å². The first-order valence-electron chi connectivity index (χ1n) is 11.6. The molecule has 0 aliphatic carbocycles. The summed E-state index contributed by atoms with van der Waals surface area (Å²) >= 11 is 0. The van der Waals surface area contributed by atoms with Crippen LogP contribution in [0.5, 0.6) is 11.5 Å². The van der Waals surface area contributed by atoms with E-state index in [9.17, 15) is 14.4 Å². The Labute approximate surface area is 209 Å². The molecule has 1 aromatic rings. The van der Waals surface area contributed by atoms with Crippen molar-refractivity contribution in [1.82, 2.24) is 10.4 Å². The van der Waals surface area contributed by atoms with Crippen LogP contribution in [-0.2, 0) is 33.4 Å². The number of esters is 2. The number of dihydropyridines is 1. The molecule has 1 unspecified atom stereocenters. The Balaban J connectivity index is 1.88. The predicted molar refractivity (Wildman–Crippen MR) is 127 cm³/mol. The Morgan fingerprint density at radius 1 is 1.03 bits per heavy atom. The first kappa shape index (κ1) is 27.0. The molecule has 1 aromatic carbocycles. The van der Waals surface area contributed by atoms with Gasteiger partial charge in [-0.3, -0.25) is 0 Å². The van der Waals surface area contributed by atoms with Crippen molar-refractivity contribution in [3.05, 3.63) is 46.3 Å². The maximum absolute atomic E-state index is 12.9. The molecule has 0 radical (unpaired) electrons. The van der Waals surface area contributed by atoms with E-state index >= 15 is 0 Å². The molecule has 1 atom stereocenters. The van der Waals surface area contributed by atoms with Gasteiger partial charge in [0.25, 0.3) is 0 Å². The normalized spacial score (nSPS) is 18.3. The van der Waals surface area contributed by atoms with Crippen LogP contribution in [0.1, 0.15) is 32.3 Å². The summed E-state index contributed by atoms with van der Waals surface area (Å²) in [7, 11) is 2.73. The zero-order valence-corrected chi connectivity index (χ0v) is 21.2. The van der Waals surface area contributed by atoms with Crippen LogP contribution in [-0.4, -0.2) is 76.7 Å². The van der Waals surface area contributed by atoms with E-state index < -0.39 is 23.8 Å². The largest absolute Gasteiger partial charge is 0.493 e. The van der Waals surface area contributed by atoms with Crippen LogP contribution in [0, 0.1) is 0 Å². The molecule has 0 bridgehead atoms. The predicted octanol–water partition coefficient (Wildman–Crippen LogP) is 1.84. The van der Waals surface area contributed by atoms with Crippen molar-refractivity contribution in [2.45, 2.75) is 26.7 Å². The molecule has 2 aliphatic rings. The summed E-state index contributed by atoms with van der Waals surface area (Å²) in [6.07, 6.45) is 0. The van der Waals surface area contributed by atoms with Gasteiger partial charge in [-0.15, -0.1) is 5.06 Å². The summed E-state index contributed by atoms with van der Waals surface area (Å²) in [6, 6.07) is 4.96. The first-order chi connectivity index (χ1) is 17.3. The van der Waals surface area contributed by atoms with Crippen molar-refractivity contribution in [3.63, 3.8) is 0 Å². The molecular formula is C25H32N2O9. The lowest BCUT2D eigenvalue weighted by molar-refractivity contribution is -0.207. The molecule has 11 nitrogen and oxygen atoms in total. The molecule has 11 heteroatoms. The summed E-state index contributed by atoms with van der Waals surface area (Å²) in [4.78, 5) is 43.1. The van der Waals surface area contributed by atoms with Crippen LogP contribution < -0.4 is 14.8 Å². The topological polar surface area (TPSA) is 122 Å². The van der Waals surface area contributed by atoms with Gasteiger partial charge in [0.05, 0.1) is 64.2 Å². The number of nitrogens with zero attached hydrogens (tertiary/aromatic N) is 1. The highest BCUT2D eigenvalue weighted by Crippen LogP contribution is 2.42. The standard InChI is InChI=1S/C25H32N2O9/c1-6-34-25(30)22-16(3)26-15(2)21(24(29)32-5)23(22)17-7-8-18(19(13-17)31-4)35-14-20(28)36-27-9-11-33-12-10-27/h7-8,13,23,26H,6,9-12,14H2,1-5H3. The van der Waals surface area contributed by atoms with Crippen LogP contribution >= 0.6 is 0 Å². The molecule has 1 N–H and O–H groups in total. The lowest BCUT2D eigenvalue weighted by Crippen LogP contribution is -2.39. The third-order valence-electron chi connectivity index (χ3n) is 5.73. The Bertz CT molecular complexity index is 1060. The molecule has 2 heterocycles. The van der Waals surface area contributed by atoms with Crippen molar-refractivity contribution in [3.8, 4) is 11.5 Å². The van der Waals surface area contributed by atoms with Crippen molar-refractivity contribution in [1.29, 1.82) is 0 Å². The molecule has 1 saturated heterocycles. The summed E-state index contributed by atoms with van der Waals surface area (Å²) in [5.74, 6) is -1.85. The number of benzene rings is 1. The maximum Gasteiger partial charge on any atom is 0.362 e. The minimum atomic E-state index is -0.771. The molecule has 36 heavy (non-hydrogen) atoms. The number of hydroxylamine groups is 2. The second kappa shape index (κ2) is 12.4. The second-order valence-electron chi connectivity index (χ2n) is 8.05. The van der Waals surface area contributed by atoms with Crippen molar-refractivity contribution in [2.24, 2.45) is 0 Å². The van der Waals surface area contributed by atoms with E-state index in [2.05, 4.69) is 5.32 Å². The van der Waals surface area contributed by atoms with Crippen LogP contribution in [0.25, 0.3) is 0 Å². The van der Waals surface area contributed by atoms with E-state index in [1.54, 1.807) is 39.0 Å². The van der Waals surface area contributed by atoms with Gasteiger partial charge in [-0.1, -0.05) is 6.07 Å². The number of ether oxygens (including phenoxy) is 5. The fourth-order valence-corrected chi connectivity index (χ4v) is 4.12. The summed E-state index contributed by atoms with van der Waals surface area (Å²) in [5.41, 5.74) is 2.26.